The van der Waals surface area contributed by atoms with Crippen LogP contribution in [0.5, 0.6) is 0 Å². The van der Waals surface area contributed by atoms with Crippen molar-refractivity contribution in [3.8, 4) is 11.1 Å². The Labute approximate surface area is 143 Å². The van der Waals surface area contributed by atoms with Gasteiger partial charge in [-0.05, 0) is 41.8 Å². The number of benzene rings is 2. The molecule has 7 heteroatoms. The van der Waals surface area contributed by atoms with E-state index in [0.717, 1.165) is 12.1 Å². The van der Waals surface area contributed by atoms with Gasteiger partial charge in [0.05, 0.1) is 5.56 Å². The average molecular weight is 349 g/mol. The number of nitrogens with two attached hydrogens (primary N) is 1. The van der Waals surface area contributed by atoms with Crippen LogP contribution < -0.4 is 5.73 Å². The van der Waals surface area contributed by atoms with Gasteiger partial charge in [0.25, 0.3) is 0 Å². The van der Waals surface area contributed by atoms with Crippen molar-refractivity contribution in [3.05, 3.63) is 59.7 Å². The van der Waals surface area contributed by atoms with Crippen molar-refractivity contribution in [1.82, 2.24) is 4.90 Å². The molecule has 0 aromatic heterocycles. The monoisotopic (exact) mass is 349 g/mol. The van der Waals surface area contributed by atoms with E-state index in [9.17, 15) is 18.3 Å². The van der Waals surface area contributed by atoms with Crippen LogP contribution in [0.4, 0.5) is 13.2 Å². The molecular weight excluding hydrogens is 331 g/mol. The number of nitrogens with zero attached hydrogens (tertiary/aromatic N) is 2. The standard InChI is InChI=1S/C18H18F3N3O/c1-17(15(25)24(2)16(22)23-17)13-7-3-5-11(9-13)12-6-4-8-14(10-12)18(19,20)21/h3-10,15,25H,1-2H3,(H2,22,23). The molecule has 0 saturated carbocycles. The Hall–Kier alpha value is -2.54. The fourth-order valence-corrected chi connectivity index (χ4v) is 2.98. The molecule has 2 unspecified atom stereocenters. The highest BCUT2D eigenvalue weighted by Gasteiger charge is 2.43. The topological polar surface area (TPSA) is 61.8 Å². The summed E-state index contributed by atoms with van der Waals surface area (Å²) in [7, 11) is 1.63. The number of guanidine groups is 1. The normalized spacial score (nSPS) is 23.7. The first-order chi connectivity index (χ1) is 11.6. The number of aliphatic hydroxyl groups is 1. The lowest BCUT2D eigenvalue weighted by atomic mass is 9.88. The van der Waals surface area contributed by atoms with Gasteiger partial charge in [0.2, 0.25) is 0 Å². The molecule has 2 atom stereocenters. The van der Waals surface area contributed by atoms with E-state index >= 15 is 0 Å². The van der Waals surface area contributed by atoms with Crippen molar-refractivity contribution in [1.29, 1.82) is 0 Å². The quantitative estimate of drug-likeness (QED) is 0.875. The minimum Gasteiger partial charge on any atom is -0.371 e. The zero-order valence-corrected chi connectivity index (χ0v) is 13.7. The number of likely N-dealkylation sites (N-methyl/N-ethyl adjacent to an activating group) is 1. The zero-order valence-electron chi connectivity index (χ0n) is 13.7. The van der Waals surface area contributed by atoms with Crippen LogP contribution in [0.15, 0.2) is 53.5 Å². The summed E-state index contributed by atoms with van der Waals surface area (Å²) in [4.78, 5) is 5.79. The van der Waals surface area contributed by atoms with Crippen molar-refractivity contribution in [2.45, 2.75) is 24.9 Å². The van der Waals surface area contributed by atoms with Crippen molar-refractivity contribution in [2.75, 3.05) is 7.05 Å². The Morgan fingerprint density at radius 2 is 1.72 bits per heavy atom. The molecule has 0 radical (unpaired) electrons. The third-order valence-electron chi connectivity index (χ3n) is 4.55. The molecule has 3 rings (SSSR count). The van der Waals surface area contributed by atoms with E-state index in [1.807, 2.05) is 0 Å². The predicted octanol–water partition coefficient (Wildman–Crippen LogP) is 3.17. The van der Waals surface area contributed by atoms with Gasteiger partial charge in [-0.1, -0.05) is 30.3 Å². The SMILES string of the molecule is CN1C(N)=NC(C)(c2cccc(-c3cccc(C(F)(F)F)c3)c2)C1O. The molecule has 0 saturated heterocycles. The Morgan fingerprint density at radius 1 is 1.12 bits per heavy atom. The van der Waals surface area contributed by atoms with E-state index in [0.29, 0.717) is 16.7 Å². The fraction of sp³-hybridized carbons (Fsp3) is 0.278. The fourth-order valence-electron chi connectivity index (χ4n) is 2.98. The van der Waals surface area contributed by atoms with Crippen molar-refractivity contribution >= 4 is 5.96 Å². The van der Waals surface area contributed by atoms with Crippen LogP contribution in [-0.4, -0.2) is 29.2 Å². The molecule has 0 spiro atoms. The van der Waals surface area contributed by atoms with Crippen LogP contribution in [0.1, 0.15) is 18.1 Å². The molecule has 3 N–H and O–H groups in total. The van der Waals surface area contributed by atoms with E-state index in [-0.39, 0.29) is 5.96 Å². The number of halogens is 3. The Morgan fingerprint density at radius 3 is 2.28 bits per heavy atom. The largest absolute Gasteiger partial charge is 0.416 e. The molecule has 1 heterocycles. The molecule has 0 fully saturated rings. The molecule has 0 bridgehead atoms. The number of alkyl halides is 3. The Balaban J connectivity index is 2.04. The highest BCUT2D eigenvalue weighted by atomic mass is 19.4. The number of rotatable bonds is 2. The molecule has 0 aliphatic carbocycles. The molecule has 2 aromatic carbocycles. The molecule has 1 aliphatic heterocycles. The number of hydrogen-bond donors (Lipinski definition) is 2. The lowest BCUT2D eigenvalue weighted by molar-refractivity contribution is -0.137. The van der Waals surface area contributed by atoms with Crippen LogP contribution >= 0.6 is 0 Å². The van der Waals surface area contributed by atoms with E-state index in [2.05, 4.69) is 4.99 Å². The van der Waals surface area contributed by atoms with E-state index in [1.165, 1.54) is 11.0 Å². The lowest BCUT2D eigenvalue weighted by Crippen LogP contribution is -2.43. The zero-order chi connectivity index (χ0) is 18.4. The lowest BCUT2D eigenvalue weighted by Gasteiger charge is -2.29. The van der Waals surface area contributed by atoms with Crippen LogP contribution in [0, 0.1) is 0 Å². The highest BCUT2D eigenvalue weighted by molar-refractivity contribution is 5.81. The second-order valence-corrected chi connectivity index (χ2v) is 6.26. The predicted molar refractivity (Wildman–Crippen MR) is 89.6 cm³/mol. The van der Waals surface area contributed by atoms with Gasteiger partial charge in [0.1, 0.15) is 5.54 Å². The number of hydrogen-bond acceptors (Lipinski definition) is 4. The summed E-state index contributed by atoms with van der Waals surface area (Å²) in [6, 6.07) is 12.1. The average Bonchev–Trinajstić information content (AvgIpc) is 2.78. The maximum absolute atomic E-state index is 12.9. The van der Waals surface area contributed by atoms with Gasteiger partial charge in [-0.15, -0.1) is 0 Å². The third kappa shape index (κ3) is 2.95. The second-order valence-electron chi connectivity index (χ2n) is 6.26. The van der Waals surface area contributed by atoms with Gasteiger partial charge in [-0.25, -0.2) is 4.99 Å². The summed E-state index contributed by atoms with van der Waals surface area (Å²) in [5, 5.41) is 10.4. The maximum Gasteiger partial charge on any atom is 0.416 e. The minimum atomic E-state index is -4.40. The molecule has 2 aromatic rings. The van der Waals surface area contributed by atoms with Gasteiger partial charge in [0, 0.05) is 7.05 Å². The van der Waals surface area contributed by atoms with Gasteiger partial charge in [-0.2, -0.15) is 13.2 Å². The Kier molecular flexibility index (Phi) is 3.99. The molecule has 25 heavy (non-hydrogen) atoms. The van der Waals surface area contributed by atoms with Gasteiger partial charge < -0.3 is 15.7 Å². The van der Waals surface area contributed by atoms with Crippen LogP contribution in [0.3, 0.4) is 0 Å². The summed E-state index contributed by atoms with van der Waals surface area (Å²) in [6.45, 7) is 1.74. The maximum atomic E-state index is 12.9. The second kappa shape index (κ2) is 5.77. The van der Waals surface area contributed by atoms with Gasteiger partial charge in [0.15, 0.2) is 12.2 Å². The summed E-state index contributed by atoms with van der Waals surface area (Å²) < 4.78 is 38.8. The molecular formula is C18H18F3N3O. The van der Waals surface area contributed by atoms with E-state index < -0.39 is 23.5 Å². The third-order valence-corrected chi connectivity index (χ3v) is 4.55. The van der Waals surface area contributed by atoms with Gasteiger partial charge >= 0.3 is 6.18 Å². The van der Waals surface area contributed by atoms with Gasteiger partial charge in [-0.3, -0.25) is 0 Å². The Bertz CT molecular complexity index is 834. The first-order valence-corrected chi connectivity index (χ1v) is 7.67. The first kappa shape index (κ1) is 17.3. The molecule has 132 valence electrons. The minimum absolute atomic E-state index is 0.208. The van der Waals surface area contributed by atoms with E-state index in [4.69, 9.17) is 5.73 Å². The smallest absolute Gasteiger partial charge is 0.371 e. The first-order valence-electron chi connectivity index (χ1n) is 7.67. The van der Waals surface area contributed by atoms with Crippen LogP contribution in [-0.2, 0) is 11.7 Å². The number of aliphatic hydroxyl groups excluding tert-OH is 1. The highest BCUT2D eigenvalue weighted by Crippen LogP contribution is 2.37. The van der Waals surface area contributed by atoms with Crippen molar-refractivity contribution in [3.63, 3.8) is 0 Å². The molecule has 1 aliphatic rings. The van der Waals surface area contributed by atoms with Crippen molar-refractivity contribution in [2.24, 2.45) is 10.7 Å². The molecule has 0 amide bonds. The summed E-state index contributed by atoms with van der Waals surface area (Å²) in [6.07, 6.45) is -5.35. The van der Waals surface area contributed by atoms with Crippen LogP contribution in [0.2, 0.25) is 0 Å². The van der Waals surface area contributed by atoms with Crippen molar-refractivity contribution < 1.29 is 18.3 Å². The summed E-state index contributed by atoms with van der Waals surface area (Å²) >= 11 is 0. The molecule has 4 nitrogen and oxygen atoms in total. The van der Waals surface area contributed by atoms with E-state index in [1.54, 1.807) is 44.3 Å². The van der Waals surface area contributed by atoms with Crippen LogP contribution in [0.25, 0.3) is 11.1 Å². The summed E-state index contributed by atoms with van der Waals surface area (Å²) in [5.74, 6) is 0.208. The summed E-state index contributed by atoms with van der Waals surface area (Å²) in [5.41, 5.74) is 5.82. The number of aliphatic imine (C=N–C) groups is 1.